The average molecular weight is 260 g/mol. The van der Waals surface area contributed by atoms with Gasteiger partial charge in [-0.1, -0.05) is 30.3 Å². The van der Waals surface area contributed by atoms with Gasteiger partial charge in [0.05, 0.1) is 0 Å². The molecular formula is C14H16N2O3. The van der Waals surface area contributed by atoms with Gasteiger partial charge in [-0.05, 0) is 18.4 Å². The van der Waals surface area contributed by atoms with Crippen LogP contribution in [-0.4, -0.2) is 14.5 Å². The molecule has 1 N–H and O–H groups in total. The molecule has 2 aromatic rings. The van der Waals surface area contributed by atoms with Crippen molar-refractivity contribution in [3.05, 3.63) is 46.2 Å². The predicted octanol–water partition coefficient (Wildman–Crippen LogP) is 1.73. The average Bonchev–Trinajstić information content (AvgIpc) is 2.71. The molecule has 0 saturated heterocycles. The van der Waals surface area contributed by atoms with Gasteiger partial charge in [0.15, 0.2) is 0 Å². The van der Waals surface area contributed by atoms with Gasteiger partial charge in [0, 0.05) is 13.1 Å². The van der Waals surface area contributed by atoms with Crippen LogP contribution in [0.4, 0.5) is 0 Å². The Hall–Kier alpha value is -2.17. The first kappa shape index (κ1) is 11.9. The minimum Gasteiger partial charge on any atom is -0.491 e. The molecule has 1 aromatic heterocycles. The van der Waals surface area contributed by atoms with Crippen LogP contribution in [-0.2, 0) is 19.7 Å². The molecule has 1 aromatic carbocycles. The third kappa shape index (κ3) is 2.12. The Labute approximate surface area is 110 Å². The number of aromatic nitrogens is 2. The highest BCUT2D eigenvalue weighted by molar-refractivity contribution is 5.32. The lowest BCUT2D eigenvalue weighted by molar-refractivity contribution is 0.274. The topological polar surface area (TPSA) is 56.4 Å². The number of fused-ring (bicyclic) bond motifs is 1. The lowest BCUT2D eigenvalue weighted by atomic mass is 10.2. The highest BCUT2D eigenvalue weighted by atomic mass is 16.5. The molecule has 100 valence electrons. The highest BCUT2D eigenvalue weighted by Gasteiger charge is 2.22. The molecule has 0 radical (unpaired) electrons. The lowest BCUT2D eigenvalue weighted by Gasteiger charge is -2.16. The van der Waals surface area contributed by atoms with E-state index in [4.69, 9.17) is 4.74 Å². The second kappa shape index (κ2) is 4.84. The molecule has 0 atom stereocenters. The van der Waals surface area contributed by atoms with Crippen LogP contribution in [0, 0.1) is 0 Å². The van der Waals surface area contributed by atoms with E-state index in [1.54, 1.807) is 9.36 Å². The van der Waals surface area contributed by atoms with Gasteiger partial charge < -0.3 is 9.84 Å². The summed E-state index contributed by atoms with van der Waals surface area (Å²) in [5.41, 5.74) is 0.726. The normalized spacial score (nSPS) is 14.1. The maximum Gasteiger partial charge on any atom is 0.313 e. The first-order chi connectivity index (χ1) is 9.27. The van der Waals surface area contributed by atoms with E-state index in [1.807, 2.05) is 30.3 Å². The molecule has 0 spiro atoms. The SMILES string of the molecule is O=c1c(OCc2ccccc2)c(O)n2n1CCCC2. The summed E-state index contributed by atoms with van der Waals surface area (Å²) in [6.45, 7) is 1.59. The van der Waals surface area contributed by atoms with Crippen LogP contribution < -0.4 is 10.3 Å². The maximum absolute atomic E-state index is 12.1. The van der Waals surface area contributed by atoms with Crippen molar-refractivity contribution in [3.63, 3.8) is 0 Å². The zero-order valence-electron chi connectivity index (χ0n) is 10.6. The van der Waals surface area contributed by atoms with E-state index in [1.165, 1.54) is 0 Å². The fraction of sp³-hybridized carbons (Fsp3) is 0.357. The summed E-state index contributed by atoms with van der Waals surface area (Å²) in [7, 11) is 0. The van der Waals surface area contributed by atoms with E-state index in [2.05, 4.69) is 0 Å². The number of hydrogen-bond acceptors (Lipinski definition) is 3. The third-order valence-corrected chi connectivity index (χ3v) is 3.38. The molecule has 19 heavy (non-hydrogen) atoms. The second-order valence-electron chi connectivity index (χ2n) is 4.69. The van der Waals surface area contributed by atoms with Crippen molar-refractivity contribution in [1.82, 2.24) is 9.36 Å². The molecule has 0 bridgehead atoms. The quantitative estimate of drug-likeness (QED) is 0.914. The van der Waals surface area contributed by atoms with E-state index in [0.717, 1.165) is 18.4 Å². The first-order valence-electron chi connectivity index (χ1n) is 6.46. The number of hydrogen-bond donors (Lipinski definition) is 1. The third-order valence-electron chi connectivity index (χ3n) is 3.38. The monoisotopic (exact) mass is 260 g/mol. The van der Waals surface area contributed by atoms with Crippen LogP contribution in [0.2, 0.25) is 0 Å². The Morgan fingerprint density at radius 1 is 1.11 bits per heavy atom. The zero-order valence-corrected chi connectivity index (χ0v) is 10.6. The Bertz CT molecular complexity index is 628. The van der Waals surface area contributed by atoms with Crippen LogP contribution >= 0.6 is 0 Å². The largest absolute Gasteiger partial charge is 0.491 e. The van der Waals surface area contributed by atoms with Crippen molar-refractivity contribution < 1.29 is 9.84 Å². The van der Waals surface area contributed by atoms with Crippen LogP contribution in [0.3, 0.4) is 0 Å². The number of nitrogens with zero attached hydrogens (tertiary/aromatic N) is 2. The minimum absolute atomic E-state index is 0.0550. The standard InChI is InChI=1S/C14H16N2O3/c17-13-12(19-10-11-6-2-1-3-7-11)14(18)16-9-5-4-8-15(13)16/h1-3,6-7,17H,4-5,8-10H2. The van der Waals surface area contributed by atoms with E-state index in [0.29, 0.717) is 13.1 Å². The molecular weight excluding hydrogens is 244 g/mol. The fourth-order valence-corrected chi connectivity index (χ4v) is 2.38. The summed E-state index contributed by atoms with van der Waals surface area (Å²) in [6, 6.07) is 9.59. The molecule has 2 heterocycles. The molecule has 1 aliphatic rings. The van der Waals surface area contributed by atoms with E-state index >= 15 is 0 Å². The Morgan fingerprint density at radius 2 is 1.79 bits per heavy atom. The summed E-state index contributed by atoms with van der Waals surface area (Å²) >= 11 is 0. The summed E-state index contributed by atoms with van der Waals surface area (Å²) < 4.78 is 8.66. The predicted molar refractivity (Wildman–Crippen MR) is 70.4 cm³/mol. The Kier molecular flexibility index (Phi) is 3.03. The van der Waals surface area contributed by atoms with Crippen LogP contribution in [0.5, 0.6) is 11.6 Å². The smallest absolute Gasteiger partial charge is 0.313 e. The van der Waals surface area contributed by atoms with Crippen molar-refractivity contribution in [2.24, 2.45) is 0 Å². The molecule has 0 amide bonds. The van der Waals surface area contributed by atoms with Gasteiger partial charge in [-0.3, -0.25) is 4.79 Å². The van der Waals surface area contributed by atoms with Gasteiger partial charge in [-0.15, -0.1) is 0 Å². The second-order valence-corrected chi connectivity index (χ2v) is 4.69. The van der Waals surface area contributed by atoms with E-state index in [9.17, 15) is 9.90 Å². The van der Waals surface area contributed by atoms with Gasteiger partial charge >= 0.3 is 5.56 Å². The lowest BCUT2D eigenvalue weighted by Crippen LogP contribution is -2.27. The Balaban J connectivity index is 1.86. The molecule has 3 rings (SSSR count). The first-order valence-corrected chi connectivity index (χ1v) is 6.46. The summed E-state index contributed by atoms with van der Waals surface area (Å²) in [5.74, 6) is 0.00591. The van der Waals surface area contributed by atoms with Crippen LogP contribution in [0.1, 0.15) is 18.4 Å². The summed E-state index contributed by atoms with van der Waals surface area (Å²) in [4.78, 5) is 12.1. The number of aromatic hydroxyl groups is 1. The van der Waals surface area contributed by atoms with Crippen molar-refractivity contribution in [1.29, 1.82) is 0 Å². The van der Waals surface area contributed by atoms with Crippen molar-refractivity contribution in [2.75, 3.05) is 0 Å². The van der Waals surface area contributed by atoms with Gasteiger partial charge in [-0.25, -0.2) is 9.36 Å². The maximum atomic E-state index is 12.1. The molecule has 0 aliphatic carbocycles. The minimum atomic E-state index is -0.242. The van der Waals surface area contributed by atoms with E-state index < -0.39 is 0 Å². The van der Waals surface area contributed by atoms with Gasteiger partial charge in [-0.2, -0.15) is 0 Å². The van der Waals surface area contributed by atoms with Crippen molar-refractivity contribution in [2.45, 2.75) is 32.5 Å². The number of ether oxygens (including phenoxy) is 1. The summed E-state index contributed by atoms with van der Waals surface area (Å²) in [5, 5.41) is 10.1. The fourth-order valence-electron chi connectivity index (χ4n) is 2.38. The number of benzene rings is 1. The number of rotatable bonds is 3. The Morgan fingerprint density at radius 3 is 2.47 bits per heavy atom. The van der Waals surface area contributed by atoms with Crippen molar-refractivity contribution in [3.8, 4) is 11.6 Å². The highest BCUT2D eigenvalue weighted by Crippen LogP contribution is 2.26. The van der Waals surface area contributed by atoms with Crippen LogP contribution in [0.25, 0.3) is 0 Å². The molecule has 0 fully saturated rings. The van der Waals surface area contributed by atoms with Gasteiger partial charge in [0.1, 0.15) is 6.61 Å². The van der Waals surface area contributed by atoms with Gasteiger partial charge in [0.2, 0.25) is 5.75 Å². The summed E-state index contributed by atoms with van der Waals surface area (Å²) in [6.07, 6.45) is 1.93. The molecule has 5 heteroatoms. The van der Waals surface area contributed by atoms with Crippen LogP contribution in [0.15, 0.2) is 35.1 Å². The zero-order chi connectivity index (χ0) is 13.2. The molecule has 1 aliphatic heterocycles. The molecule has 0 saturated carbocycles. The van der Waals surface area contributed by atoms with Crippen molar-refractivity contribution >= 4 is 0 Å². The molecule has 5 nitrogen and oxygen atoms in total. The van der Waals surface area contributed by atoms with E-state index in [-0.39, 0.29) is 23.8 Å². The van der Waals surface area contributed by atoms with Gasteiger partial charge in [0.25, 0.3) is 5.88 Å². The molecule has 0 unspecified atom stereocenters.